The fourth-order valence-electron chi connectivity index (χ4n) is 5.29. The van der Waals surface area contributed by atoms with Gasteiger partial charge in [0.1, 0.15) is 11.3 Å². The van der Waals surface area contributed by atoms with Crippen LogP contribution in [-0.2, 0) is 24.3 Å². The molecule has 0 aliphatic carbocycles. The number of furan rings is 1. The maximum absolute atomic E-state index is 13.2. The molecule has 5 heterocycles. The largest absolute Gasteiger partial charge is 0.460 e. The molecule has 6 rings (SSSR count). The van der Waals surface area contributed by atoms with Crippen LogP contribution in [0.1, 0.15) is 54.9 Å². The number of rotatable bonds is 3. The minimum absolute atomic E-state index is 0.0132. The molecule has 33 heavy (non-hydrogen) atoms. The number of piperidine rings is 1. The lowest BCUT2D eigenvalue weighted by molar-refractivity contribution is -0.129. The van der Waals surface area contributed by atoms with Crippen molar-refractivity contribution in [3.63, 3.8) is 0 Å². The van der Waals surface area contributed by atoms with Crippen molar-refractivity contribution in [2.24, 2.45) is 0 Å². The van der Waals surface area contributed by atoms with Crippen molar-refractivity contribution >= 4 is 22.5 Å². The number of carbonyl (C=O) groups excluding carboxylic acids is 1. The molecule has 0 radical (unpaired) electrons. The van der Waals surface area contributed by atoms with Crippen molar-refractivity contribution < 1.29 is 9.21 Å². The summed E-state index contributed by atoms with van der Waals surface area (Å²) in [6.45, 7) is 4.18. The molecule has 0 unspecified atom stereocenters. The van der Waals surface area contributed by atoms with E-state index in [9.17, 15) is 9.59 Å². The second-order valence-electron chi connectivity index (χ2n) is 9.17. The number of likely N-dealkylation sites (tertiary alicyclic amines) is 1. The number of benzene rings is 1. The van der Waals surface area contributed by atoms with Gasteiger partial charge in [-0.25, -0.2) is 9.50 Å². The molecule has 170 valence electrons. The summed E-state index contributed by atoms with van der Waals surface area (Å²) in [4.78, 5) is 34.0. The SMILES string of the molecule is CC(=O)N1CCc2nc3cc([C@@H]4CCCCN4Cc4cc5ccccc5o4)[nH]n3c(=O)c2C1. The van der Waals surface area contributed by atoms with E-state index in [-0.39, 0.29) is 17.5 Å². The first-order valence-corrected chi connectivity index (χ1v) is 11.7. The number of hydrogen-bond donors (Lipinski definition) is 1. The highest BCUT2D eigenvalue weighted by molar-refractivity contribution is 5.77. The Morgan fingerprint density at radius 3 is 2.94 bits per heavy atom. The third-order valence-corrected chi connectivity index (χ3v) is 7.03. The van der Waals surface area contributed by atoms with Gasteiger partial charge in [0.25, 0.3) is 5.56 Å². The number of H-pyrrole nitrogens is 1. The Balaban J connectivity index is 1.33. The van der Waals surface area contributed by atoms with Gasteiger partial charge in [0.15, 0.2) is 5.65 Å². The van der Waals surface area contributed by atoms with Gasteiger partial charge < -0.3 is 9.32 Å². The van der Waals surface area contributed by atoms with E-state index in [1.54, 1.807) is 16.3 Å². The average molecular weight is 446 g/mol. The van der Waals surface area contributed by atoms with E-state index >= 15 is 0 Å². The molecule has 1 atom stereocenters. The van der Waals surface area contributed by atoms with Crippen LogP contribution in [0, 0.1) is 0 Å². The minimum atomic E-state index is -0.105. The summed E-state index contributed by atoms with van der Waals surface area (Å²) in [6.07, 6.45) is 3.91. The van der Waals surface area contributed by atoms with Crippen molar-refractivity contribution in [3.05, 3.63) is 69.5 Å². The highest BCUT2D eigenvalue weighted by Crippen LogP contribution is 2.33. The van der Waals surface area contributed by atoms with E-state index in [1.807, 2.05) is 24.3 Å². The van der Waals surface area contributed by atoms with Crippen LogP contribution in [0.4, 0.5) is 0 Å². The first kappa shape index (κ1) is 20.2. The molecular formula is C25H27N5O3. The number of nitrogens with zero attached hydrogens (tertiary/aromatic N) is 4. The van der Waals surface area contributed by atoms with Gasteiger partial charge in [0.05, 0.1) is 36.1 Å². The first-order valence-electron chi connectivity index (χ1n) is 11.7. The lowest BCUT2D eigenvalue weighted by atomic mass is 9.99. The number of aromatic nitrogens is 3. The summed E-state index contributed by atoms with van der Waals surface area (Å²) >= 11 is 0. The van der Waals surface area contributed by atoms with Crippen molar-refractivity contribution in [3.8, 4) is 0 Å². The zero-order valence-corrected chi connectivity index (χ0v) is 18.7. The van der Waals surface area contributed by atoms with Crippen LogP contribution in [0.2, 0.25) is 0 Å². The highest BCUT2D eigenvalue weighted by atomic mass is 16.3. The lowest BCUT2D eigenvalue weighted by Gasteiger charge is -2.34. The zero-order valence-electron chi connectivity index (χ0n) is 18.7. The van der Waals surface area contributed by atoms with Crippen LogP contribution in [0.25, 0.3) is 16.6 Å². The molecule has 1 N–H and O–H groups in total. The van der Waals surface area contributed by atoms with Gasteiger partial charge in [0.2, 0.25) is 5.91 Å². The number of carbonyl (C=O) groups is 1. The predicted octanol–water partition coefficient (Wildman–Crippen LogP) is 3.40. The summed E-state index contributed by atoms with van der Waals surface area (Å²) in [7, 11) is 0. The Labute approximate surface area is 190 Å². The quantitative estimate of drug-likeness (QED) is 0.522. The monoisotopic (exact) mass is 445 g/mol. The fourth-order valence-corrected chi connectivity index (χ4v) is 5.29. The fraction of sp³-hybridized carbons (Fsp3) is 0.400. The molecule has 1 saturated heterocycles. The molecule has 2 aliphatic heterocycles. The molecule has 2 aliphatic rings. The third kappa shape index (κ3) is 3.54. The number of para-hydroxylation sites is 1. The van der Waals surface area contributed by atoms with E-state index < -0.39 is 0 Å². The standard InChI is InChI=1S/C25H27N5O3/c1-16(31)28-11-9-20-19(15-28)25(32)30-24(26-20)13-21(27-30)22-7-4-5-10-29(22)14-18-12-17-6-2-3-8-23(17)33-18/h2-3,6,8,12-13,22,27H,4-5,7,9-11,14-15H2,1H3/t22-/m0/s1. The van der Waals surface area contributed by atoms with Gasteiger partial charge in [-0.3, -0.25) is 19.6 Å². The Bertz CT molecular complexity index is 1380. The smallest absolute Gasteiger partial charge is 0.277 e. The Morgan fingerprint density at radius 1 is 1.21 bits per heavy atom. The molecule has 8 heteroatoms. The minimum Gasteiger partial charge on any atom is -0.460 e. The van der Waals surface area contributed by atoms with E-state index in [2.05, 4.69) is 22.1 Å². The van der Waals surface area contributed by atoms with E-state index in [1.165, 1.54) is 0 Å². The summed E-state index contributed by atoms with van der Waals surface area (Å²) in [6, 6.07) is 12.4. The van der Waals surface area contributed by atoms with Gasteiger partial charge in [-0.15, -0.1) is 0 Å². The van der Waals surface area contributed by atoms with Crippen LogP contribution < -0.4 is 5.56 Å². The number of nitrogens with one attached hydrogen (secondary N) is 1. The number of amides is 1. The Hall–Kier alpha value is -3.39. The molecule has 0 spiro atoms. The van der Waals surface area contributed by atoms with E-state index in [0.29, 0.717) is 30.7 Å². The molecule has 0 saturated carbocycles. The van der Waals surface area contributed by atoms with Gasteiger partial charge >= 0.3 is 0 Å². The average Bonchev–Trinajstić information content (AvgIpc) is 3.43. The van der Waals surface area contributed by atoms with Crippen LogP contribution in [0.3, 0.4) is 0 Å². The lowest BCUT2D eigenvalue weighted by Crippen LogP contribution is -2.39. The summed E-state index contributed by atoms with van der Waals surface area (Å²) in [5, 5.41) is 4.45. The summed E-state index contributed by atoms with van der Waals surface area (Å²) in [5.41, 5.74) is 3.89. The topological polar surface area (TPSA) is 86.8 Å². The van der Waals surface area contributed by atoms with Crippen molar-refractivity contribution in [2.45, 2.75) is 51.7 Å². The zero-order chi connectivity index (χ0) is 22.5. The molecule has 1 amide bonds. The maximum Gasteiger partial charge on any atom is 0.277 e. The van der Waals surface area contributed by atoms with Crippen molar-refractivity contribution in [1.82, 2.24) is 24.4 Å². The molecular weight excluding hydrogens is 418 g/mol. The molecule has 4 aromatic rings. The first-order chi connectivity index (χ1) is 16.1. The molecule has 1 fully saturated rings. The maximum atomic E-state index is 13.2. The van der Waals surface area contributed by atoms with Gasteiger partial charge in [-0.2, -0.15) is 0 Å². The van der Waals surface area contributed by atoms with E-state index in [4.69, 9.17) is 9.40 Å². The number of hydrogen-bond acceptors (Lipinski definition) is 5. The summed E-state index contributed by atoms with van der Waals surface area (Å²) in [5.74, 6) is 0.940. The van der Waals surface area contributed by atoms with Crippen molar-refractivity contribution in [2.75, 3.05) is 13.1 Å². The summed E-state index contributed by atoms with van der Waals surface area (Å²) < 4.78 is 7.63. The second-order valence-corrected chi connectivity index (χ2v) is 9.17. The van der Waals surface area contributed by atoms with E-state index in [0.717, 1.165) is 60.5 Å². The molecule has 8 nitrogen and oxygen atoms in total. The van der Waals surface area contributed by atoms with Gasteiger partial charge in [0, 0.05) is 31.3 Å². The van der Waals surface area contributed by atoms with Crippen LogP contribution in [0.5, 0.6) is 0 Å². The Morgan fingerprint density at radius 2 is 2.09 bits per heavy atom. The van der Waals surface area contributed by atoms with Crippen molar-refractivity contribution in [1.29, 1.82) is 0 Å². The number of aromatic amines is 1. The van der Waals surface area contributed by atoms with Gasteiger partial charge in [-0.1, -0.05) is 24.6 Å². The predicted molar refractivity (Wildman–Crippen MR) is 124 cm³/mol. The number of fused-ring (bicyclic) bond motifs is 3. The highest BCUT2D eigenvalue weighted by Gasteiger charge is 2.28. The molecule has 0 bridgehead atoms. The van der Waals surface area contributed by atoms with Gasteiger partial charge in [-0.05, 0) is 31.5 Å². The molecule has 3 aromatic heterocycles. The molecule has 1 aromatic carbocycles. The normalized spacial score (nSPS) is 19.3. The third-order valence-electron chi connectivity index (χ3n) is 7.03. The van der Waals surface area contributed by atoms with Crippen LogP contribution in [0.15, 0.2) is 45.6 Å². The Kier molecular flexibility index (Phi) is 4.83. The second kappa shape index (κ2) is 7.88. The van der Waals surface area contributed by atoms with Crippen LogP contribution in [-0.4, -0.2) is 43.4 Å². The van der Waals surface area contributed by atoms with Crippen LogP contribution >= 0.6 is 0 Å².